The summed E-state index contributed by atoms with van der Waals surface area (Å²) in [6.45, 7) is 3.06. The third kappa shape index (κ3) is 2.73. The highest BCUT2D eigenvalue weighted by atomic mass is 16.5. The summed E-state index contributed by atoms with van der Waals surface area (Å²) in [5.41, 5.74) is 10.2. The van der Waals surface area contributed by atoms with Crippen LogP contribution in [-0.4, -0.2) is 42.2 Å². The van der Waals surface area contributed by atoms with Crippen LogP contribution in [0.5, 0.6) is 0 Å². The zero-order chi connectivity index (χ0) is 16.5. The summed E-state index contributed by atoms with van der Waals surface area (Å²) >= 11 is 0. The fourth-order valence-electron chi connectivity index (χ4n) is 3.36. The minimum Gasteiger partial charge on any atom is -0.378 e. The largest absolute Gasteiger partial charge is 0.378 e. The lowest BCUT2D eigenvalue weighted by atomic mass is 10.0. The standard InChI is InChI=1S/C18H20N4O2/c19-17(23)13-6-4-12(5-7-13)16-14-2-1-3-15(14)20-18(21-16)22-8-10-24-11-9-22/h4-7H,1-3,8-11H2,(H2,19,23). The van der Waals surface area contributed by atoms with Crippen molar-refractivity contribution in [2.45, 2.75) is 19.3 Å². The molecule has 2 N–H and O–H groups in total. The van der Waals surface area contributed by atoms with E-state index in [1.807, 2.05) is 12.1 Å². The molecular weight excluding hydrogens is 304 g/mol. The maximum Gasteiger partial charge on any atom is 0.248 e. The van der Waals surface area contributed by atoms with Gasteiger partial charge in [-0.3, -0.25) is 4.79 Å². The molecule has 1 aromatic carbocycles. The van der Waals surface area contributed by atoms with Crippen LogP contribution in [0.25, 0.3) is 11.3 Å². The van der Waals surface area contributed by atoms with Crippen molar-refractivity contribution < 1.29 is 9.53 Å². The van der Waals surface area contributed by atoms with Crippen LogP contribution < -0.4 is 10.6 Å². The van der Waals surface area contributed by atoms with E-state index in [9.17, 15) is 4.79 Å². The molecular formula is C18H20N4O2. The fourth-order valence-corrected chi connectivity index (χ4v) is 3.36. The summed E-state index contributed by atoms with van der Waals surface area (Å²) in [7, 11) is 0. The van der Waals surface area contributed by atoms with E-state index < -0.39 is 5.91 Å². The number of benzene rings is 1. The smallest absolute Gasteiger partial charge is 0.248 e. The summed E-state index contributed by atoms with van der Waals surface area (Å²) < 4.78 is 5.42. The minimum atomic E-state index is -0.413. The molecule has 2 aliphatic rings. The van der Waals surface area contributed by atoms with Gasteiger partial charge in [-0.2, -0.15) is 0 Å². The molecule has 0 unspecified atom stereocenters. The first-order valence-corrected chi connectivity index (χ1v) is 8.35. The monoisotopic (exact) mass is 324 g/mol. The Balaban J connectivity index is 1.76. The molecule has 6 heteroatoms. The minimum absolute atomic E-state index is 0.413. The van der Waals surface area contributed by atoms with Crippen LogP contribution in [0.15, 0.2) is 24.3 Å². The Morgan fingerprint density at radius 2 is 1.83 bits per heavy atom. The van der Waals surface area contributed by atoms with E-state index in [0.717, 1.165) is 55.3 Å². The lowest BCUT2D eigenvalue weighted by molar-refractivity contribution is 0.100. The van der Waals surface area contributed by atoms with E-state index in [1.165, 1.54) is 5.56 Å². The van der Waals surface area contributed by atoms with E-state index in [4.69, 9.17) is 20.4 Å². The number of nitrogens with zero attached hydrogens (tertiary/aromatic N) is 3. The van der Waals surface area contributed by atoms with Crippen LogP contribution in [0, 0.1) is 0 Å². The Kier molecular flexibility index (Phi) is 3.90. The molecule has 1 aliphatic heterocycles. The maximum absolute atomic E-state index is 11.3. The molecule has 1 saturated heterocycles. The zero-order valence-electron chi connectivity index (χ0n) is 13.5. The number of rotatable bonds is 3. The van der Waals surface area contributed by atoms with Crippen LogP contribution in [0.3, 0.4) is 0 Å². The van der Waals surface area contributed by atoms with Crippen molar-refractivity contribution in [3.8, 4) is 11.3 Å². The van der Waals surface area contributed by atoms with Gasteiger partial charge in [-0.15, -0.1) is 0 Å². The Labute approximate surface area is 140 Å². The third-order valence-corrected chi connectivity index (χ3v) is 4.66. The van der Waals surface area contributed by atoms with Crippen LogP contribution in [0.1, 0.15) is 28.0 Å². The van der Waals surface area contributed by atoms with Crippen molar-refractivity contribution in [1.29, 1.82) is 0 Å². The van der Waals surface area contributed by atoms with E-state index >= 15 is 0 Å². The lowest BCUT2D eigenvalue weighted by Gasteiger charge is -2.27. The summed E-state index contributed by atoms with van der Waals surface area (Å²) in [6, 6.07) is 7.36. The van der Waals surface area contributed by atoms with Crippen molar-refractivity contribution in [3.05, 3.63) is 41.1 Å². The molecule has 0 saturated carbocycles. The molecule has 2 aromatic rings. The number of anilines is 1. The molecule has 0 atom stereocenters. The van der Waals surface area contributed by atoms with E-state index in [0.29, 0.717) is 18.8 Å². The summed E-state index contributed by atoms with van der Waals surface area (Å²) in [5, 5.41) is 0. The van der Waals surface area contributed by atoms with Crippen molar-refractivity contribution in [3.63, 3.8) is 0 Å². The SMILES string of the molecule is NC(=O)c1ccc(-c2nc(N3CCOCC3)nc3c2CCC3)cc1. The molecule has 0 spiro atoms. The van der Waals surface area contributed by atoms with Gasteiger partial charge in [0.05, 0.1) is 18.9 Å². The number of aromatic nitrogens is 2. The van der Waals surface area contributed by atoms with Crippen molar-refractivity contribution in [2.24, 2.45) is 5.73 Å². The van der Waals surface area contributed by atoms with Gasteiger partial charge < -0.3 is 15.4 Å². The number of hydrogen-bond donors (Lipinski definition) is 1. The van der Waals surface area contributed by atoms with Crippen LogP contribution in [0.2, 0.25) is 0 Å². The normalized spacial score (nSPS) is 16.9. The maximum atomic E-state index is 11.3. The summed E-state index contributed by atoms with van der Waals surface area (Å²) in [4.78, 5) is 23.1. The summed E-state index contributed by atoms with van der Waals surface area (Å²) in [6.07, 6.45) is 3.12. The molecule has 124 valence electrons. The van der Waals surface area contributed by atoms with Gasteiger partial charge in [-0.1, -0.05) is 12.1 Å². The van der Waals surface area contributed by atoms with Gasteiger partial charge in [0.1, 0.15) is 0 Å². The molecule has 1 aliphatic carbocycles. The lowest BCUT2D eigenvalue weighted by Crippen LogP contribution is -2.37. The van der Waals surface area contributed by atoms with Gasteiger partial charge in [0, 0.05) is 35.5 Å². The highest BCUT2D eigenvalue weighted by Gasteiger charge is 2.23. The zero-order valence-corrected chi connectivity index (χ0v) is 13.5. The number of carbonyl (C=O) groups is 1. The molecule has 24 heavy (non-hydrogen) atoms. The number of morpholine rings is 1. The number of carbonyl (C=O) groups excluding carboxylic acids is 1. The van der Waals surface area contributed by atoms with Crippen molar-refractivity contribution in [2.75, 3.05) is 31.2 Å². The van der Waals surface area contributed by atoms with Gasteiger partial charge in [0.25, 0.3) is 0 Å². The fraction of sp³-hybridized carbons (Fsp3) is 0.389. The van der Waals surface area contributed by atoms with Gasteiger partial charge in [-0.05, 0) is 31.4 Å². The Morgan fingerprint density at radius 3 is 2.54 bits per heavy atom. The van der Waals surface area contributed by atoms with Crippen molar-refractivity contribution in [1.82, 2.24) is 9.97 Å². The molecule has 1 aromatic heterocycles. The molecule has 6 nitrogen and oxygen atoms in total. The van der Waals surface area contributed by atoms with Gasteiger partial charge in [0.2, 0.25) is 11.9 Å². The van der Waals surface area contributed by atoms with Crippen LogP contribution in [-0.2, 0) is 17.6 Å². The molecule has 0 radical (unpaired) electrons. The predicted molar refractivity (Wildman–Crippen MR) is 91.0 cm³/mol. The van der Waals surface area contributed by atoms with Crippen molar-refractivity contribution >= 4 is 11.9 Å². The van der Waals surface area contributed by atoms with Gasteiger partial charge in [0.15, 0.2) is 0 Å². The average molecular weight is 324 g/mol. The van der Waals surface area contributed by atoms with E-state index in [1.54, 1.807) is 12.1 Å². The third-order valence-electron chi connectivity index (χ3n) is 4.66. The second-order valence-corrected chi connectivity index (χ2v) is 6.19. The van der Waals surface area contributed by atoms with Gasteiger partial charge >= 0.3 is 0 Å². The number of aryl methyl sites for hydroxylation is 1. The number of amides is 1. The highest BCUT2D eigenvalue weighted by Crippen LogP contribution is 2.32. The molecule has 4 rings (SSSR count). The number of ether oxygens (including phenoxy) is 1. The average Bonchev–Trinajstić information content (AvgIpc) is 3.10. The molecule has 2 heterocycles. The molecule has 1 fully saturated rings. The first-order valence-electron chi connectivity index (χ1n) is 8.35. The number of nitrogens with two attached hydrogens (primary N) is 1. The molecule has 0 bridgehead atoms. The predicted octanol–water partition coefficient (Wildman–Crippen LogP) is 1.57. The summed E-state index contributed by atoms with van der Waals surface area (Å²) in [5.74, 6) is 0.372. The topological polar surface area (TPSA) is 81.3 Å². The number of primary amides is 1. The Hall–Kier alpha value is -2.47. The van der Waals surface area contributed by atoms with Crippen LogP contribution in [0.4, 0.5) is 5.95 Å². The van der Waals surface area contributed by atoms with Gasteiger partial charge in [-0.25, -0.2) is 9.97 Å². The first-order chi connectivity index (χ1) is 11.7. The quantitative estimate of drug-likeness (QED) is 0.927. The number of fused-ring (bicyclic) bond motifs is 1. The Bertz CT molecular complexity index is 767. The van der Waals surface area contributed by atoms with E-state index in [-0.39, 0.29) is 0 Å². The number of hydrogen-bond acceptors (Lipinski definition) is 5. The Morgan fingerprint density at radius 1 is 1.08 bits per heavy atom. The molecule has 1 amide bonds. The highest BCUT2D eigenvalue weighted by molar-refractivity contribution is 5.93. The second kappa shape index (κ2) is 6.20. The first kappa shape index (κ1) is 15.1. The van der Waals surface area contributed by atoms with Crippen LogP contribution >= 0.6 is 0 Å². The second-order valence-electron chi connectivity index (χ2n) is 6.19. The van der Waals surface area contributed by atoms with E-state index in [2.05, 4.69) is 4.90 Å².